The fraction of sp³-hybridized carbons (Fsp3) is 0.357. The molecule has 1 rings (SSSR count). The summed E-state index contributed by atoms with van der Waals surface area (Å²) in [6.07, 6.45) is 1.89. The molecule has 0 spiro atoms. The van der Waals surface area contributed by atoms with E-state index in [4.69, 9.17) is 0 Å². The highest BCUT2D eigenvalue weighted by atomic mass is 16.1. The van der Waals surface area contributed by atoms with Crippen molar-refractivity contribution in [2.45, 2.75) is 13.8 Å². The van der Waals surface area contributed by atoms with Gasteiger partial charge in [-0.1, -0.05) is 44.2 Å². The van der Waals surface area contributed by atoms with E-state index in [1.165, 1.54) is 0 Å². The number of Topliss-reactive ketones (excluding diaryl/α,β-unsaturated/α-hetero) is 1. The Hall–Kier alpha value is -1.57. The molecule has 0 heterocycles. The molecule has 0 atom stereocenters. The van der Waals surface area contributed by atoms with Crippen molar-refractivity contribution in [1.82, 2.24) is 4.90 Å². The van der Waals surface area contributed by atoms with Gasteiger partial charge in [-0.3, -0.25) is 4.79 Å². The zero-order chi connectivity index (χ0) is 12.1. The molecule has 0 saturated carbocycles. The van der Waals surface area contributed by atoms with Crippen LogP contribution in [0.15, 0.2) is 36.5 Å². The molecule has 0 saturated heterocycles. The van der Waals surface area contributed by atoms with Gasteiger partial charge >= 0.3 is 0 Å². The highest BCUT2D eigenvalue weighted by Crippen LogP contribution is 2.19. The van der Waals surface area contributed by atoms with E-state index in [0.29, 0.717) is 0 Å². The molecule has 0 radical (unpaired) electrons. The number of hydrogen-bond donors (Lipinski definition) is 0. The third-order valence-corrected chi connectivity index (χ3v) is 2.26. The van der Waals surface area contributed by atoms with Crippen LogP contribution in [0.5, 0.6) is 0 Å². The van der Waals surface area contributed by atoms with Crippen LogP contribution in [0.25, 0.3) is 5.57 Å². The number of allylic oxidation sites excluding steroid dienone is 1. The summed E-state index contributed by atoms with van der Waals surface area (Å²) in [5.74, 6) is 0.200. The first-order valence-electron chi connectivity index (χ1n) is 5.50. The van der Waals surface area contributed by atoms with Crippen LogP contribution in [-0.2, 0) is 4.79 Å². The largest absolute Gasteiger partial charge is 0.383 e. The Bertz CT molecular complexity index is 377. The van der Waals surface area contributed by atoms with E-state index in [-0.39, 0.29) is 11.7 Å². The lowest BCUT2D eigenvalue weighted by Crippen LogP contribution is -2.13. The first-order chi connectivity index (χ1) is 7.52. The molecule has 0 aliphatic rings. The first kappa shape index (κ1) is 12.5. The molecule has 86 valence electrons. The van der Waals surface area contributed by atoms with Crippen molar-refractivity contribution in [2.75, 3.05) is 14.1 Å². The van der Waals surface area contributed by atoms with Gasteiger partial charge in [0.05, 0.1) is 0 Å². The number of hydrogen-bond acceptors (Lipinski definition) is 2. The molecule has 0 bridgehead atoms. The maximum absolute atomic E-state index is 12.1. The van der Waals surface area contributed by atoms with Gasteiger partial charge in [0.2, 0.25) is 0 Å². The summed E-state index contributed by atoms with van der Waals surface area (Å²) < 4.78 is 0. The molecule has 0 N–H and O–H groups in total. The van der Waals surface area contributed by atoms with Crippen molar-refractivity contribution >= 4 is 11.4 Å². The topological polar surface area (TPSA) is 20.3 Å². The second-order valence-electron chi connectivity index (χ2n) is 4.39. The van der Waals surface area contributed by atoms with Gasteiger partial charge < -0.3 is 4.90 Å². The van der Waals surface area contributed by atoms with Crippen LogP contribution in [-0.4, -0.2) is 24.8 Å². The summed E-state index contributed by atoms with van der Waals surface area (Å²) in [6, 6.07) is 9.79. The fourth-order valence-corrected chi connectivity index (χ4v) is 1.47. The number of ketones is 1. The molecule has 0 aliphatic carbocycles. The van der Waals surface area contributed by atoms with E-state index in [2.05, 4.69) is 0 Å². The second-order valence-corrected chi connectivity index (χ2v) is 4.39. The molecule has 16 heavy (non-hydrogen) atoms. The van der Waals surface area contributed by atoms with Crippen LogP contribution in [0.1, 0.15) is 19.4 Å². The van der Waals surface area contributed by atoms with Gasteiger partial charge in [-0.15, -0.1) is 0 Å². The predicted octanol–water partition coefficient (Wildman–Crippen LogP) is 2.81. The summed E-state index contributed by atoms with van der Waals surface area (Å²) >= 11 is 0. The Labute approximate surface area is 97.6 Å². The van der Waals surface area contributed by atoms with Crippen molar-refractivity contribution in [3.05, 3.63) is 42.1 Å². The van der Waals surface area contributed by atoms with E-state index in [0.717, 1.165) is 11.1 Å². The quantitative estimate of drug-likeness (QED) is 0.723. The normalized spacial score (nSPS) is 11.7. The molecule has 0 fully saturated rings. The van der Waals surface area contributed by atoms with Crippen LogP contribution < -0.4 is 0 Å². The van der Waals surface area contributed by atoms with Crippen LogP contribution >= 0.6 is 0 Å². The summed E-state index contributed by atoms with van der Waals surface area (Å²) in [6.45, 7) is 3.85. The summed E-state index contributed by atoms with van der Waals surface area (Å²) in [5.41, 5.74) is 1.76. The number of carbonyl (C=O) groups excluding carboxylic acids is 1. The minimum atomic E-state index is 0.0198. The molecule has 0 unspecified atom stereocenters. The molecule has 0 aromatic heterocycles. The van der Waals surface area contributed by atoms with Crippen molar-refractivity contribution in [2.24, 2.45) is 5.92 Å². The zero-order valence-electron chi connectivity index (χ0n) is 10.4. The second kappa shape index (κ2) is 5.50. The van der Waals surface area contributed by atoms with Gasteiger partial charge in [0.1, 0.15) is 0 Å². The van der Waals surface area contributed by atoms with E-state index in [1.807, 2.05) is 69.4 Å². The highest BCUT2D eigenvalue weighted by Gasteiger charge is 2.15. The fourth-order valence-electron chi connectivity index (χ4n) is 1.47. The third-order valence-electron chi connectivity index (χ3n) is 2.26. The molecule has 1 aromatic rings. The van der Waals surface area contributed by atoms with Gasteiger partial charge in [-0.25, -0.2) is 0 Å². The summed E-state index contributed by atoms with van der Waals surface area (Å²) in [4.78, 5) is 14.0. The Morgan fingerprint density at radius 3 is 2.19 bits per heavy atom. The average Bonchev–Trinajstić information content (AvgIpc) is 2.26. The highest BCUT2D eigenvalue weighted by molar-refractivity contribution is 6.21. The minimum Gasteiger partial charge on any atom is -0.383 e. The molecule has 0 amide bonds. The molecule has 2 heteroatoms. The van der Waals surface area contributed by atoms with Crippen molar-refractivity contribution in [3.8, 4) is 0 Å². The van der Waals surface area contributed by atoms with Gasteiger partial charge in [0, 0.05) is 31.8 Å². The average molecular weight is 217 g/mol. The van der Waals surface area contributed by atoms with E-state index >= 15 is 0 Å². The smallest absolute Gasteiger partial charge is 0.167 e. The van der Waals surface area contributed by atoms with Crippen LogP contribution in [0.3, 0.4) is 0 Å². The number of carbonyl (C=O) groups is 1. The molecular weight excluding hydrogens is 198 g/mol. The maximum Gasteiger partial charge on any atom is 0.167 e. The molecule has 0 aliphatic heterocycles. The summed E-state index contributed by atoms with van der Waals surface area (Å²) in [5, 5.41) is 0. The molecule has 1 aromatic carbocycles. The van der Waals surface area contributed by atoms with E-state index < -0.39 is 0 Å². The maximum atomic E-state index is 12.1. The third kappa shape index (κ3) is 3.23. The van der Waals surface area contributed by atoms with Crippen LogP contribution in [0.4, 0.5) is 0 Å². The van der Waals surface area contributed by atoms with Gasteiger partial charge in [0.15, 0.2) is 5.78 Å². The number of rotatable bonds is 4. The molecule has 2 nitrogen and oxygen atoms in total. The van der Waals surface area contributed by atoms with Crippen molar-refractivity contribution < 1.29 is 4.79 Å². The zero-order valence-corrected chi connectivity index (χ0v) is 10.4. The Morgan fingerprint density at radius 2 is 1.75 bits per heavy atom. The Morgan fingerprint density at radius 1 is 1.19 bits per heavy atom. The van der Waals surface area contributed by atoms with E-state index in [1.54, 1.807) is 0 Å². The summed E-state index contributed by atoms with van der Waals surface area (Å²) in [7, 11) is 3.85. The van der Waals surface area contributed by atoms with Crippen LogP contribution in [0, 0.1) is 5.92 Å². The van der Waals surface area contributed by atoms with Gasteiger partial charge in [-0.05, 0) is 5.56 Å². The predicted molar refractivity (Wildman–Crippen MR) is 68.0 cm³/mol. The Balaban J connectivity index is 3.12. The van der Waals surface area contributed by atoms with Crippen LogP contribution in [0.2, 0.25) is 0 Å². The monoisotopic (exact) mass is 217 g/mol. The van der Waals surface area contributed by atoms with Gasteiger partial charge in [-0.2, -0.15) is 0 Å². The van der Waals surface area contributed by atoms with Gasteiger partial charge in [0.25, 0.3) is 0 Å². The van der Waals surface area contributed by atoms with Crippen molar-refractivity contribution in [1.29, 1.82) is 0 Å². The lowest BCUT2D eigenvalue weighted by molar-refractivity contribution is -0.116. The van der Waals surface area contributed by atoms with Crippen molar-refractivity contribution in [3.63, 3.8) is 0 Å². The molecular formula is C14H19NO. The lowest BCUT2D eigenvalue weighted by Gasteiger charge is -2.13. The lowest BCUT2D eigenvalue weighted by atomic mass is 9.95. The standard InChI is InChI=1S/C14H19NO/c1-11(2)14(16)13(10-15(3)4)12-8-6-5-7-9-12/h5-11H,1-4H3/b13-10+. The number of nitrogens with zero attached hydrogens (tertiary/aromatic N) is 1. The minimum absolute atomic E-state index is 0.0198. The number of benzene rings is 1. The Kier molecular flexibility index (Phi) is 4.29. The van der Waals surface area contributed by atoms with E-state index in [9.17, 15) is 4.79 Å². The SMILES string of the molecule is CC(C)C(=O)/C(=C/N(C)C)c1ccccc1. The first-order valence-corrected chi connectivity index (χ1v) is 5.50.